The van der Waals surface area contributed by atoms with Gasteiger partial charge in [0, 0.05) is 24.2 Å². The Bertz CT molecular complexity index is 1630. The molecule has 1 unspecified atom stereocenters. The number of anilines is 2. The number of carbonyl (C=O) groups is 1. The maximum Gasteiger partial charge on any atom is 0.416 e. The van der Waals surface area contributed by atoms with Crippen molar-refractivity contribution in [3.05, 3.63) is 75.8 Å². The van der Waals surface area contributed by atoms with Crippen molar-refractivity contribution in [3.63, 3.8) is 0 Å². The fourth-order valence-corrected chi connectivity index (χ4v) is 5.77. The molecule has 1 aromatic heterocycles. The Hall–Kier alpha value is -2.74. The van der Waals surface area contributed by atoms with E-state index in [0.717, 1.165) is 25.0 Å². The van der Waals surface area contributed by atoms with Crippen LogP contribution in [0, 0.1) is 11.6 Å². The van der Waals surface area contributed by atoms with E-state index < -0.39 is 34.8 Å². The van der Waals surface area contributed by atoms with Crippen LogP contribution in [-0.2, 0) is 12.7 Å². The average Bonchev–Trinajstić information content (AvgIpc) is 3.66. The summed E-state index contributed by atoms with van der Waals surface area (Å²) in [7, 11) is 0. The van der Waals surface area contributed by atoms with Gasteiger partial charge in [-0.25, -0.2) is 13.2 Å². The van der Waals surface area contributed by atoms with Gasteiger partial charge in [0.05, 0.1) is 33.6 Å². The summed E-state index contributed by atoms with van der Waals surface area (Å²) in [6.07, 6.45) is -2.74. The monoisotopic (exact) mass is 709 g/mol. The molecule has 1 amide bonds. The van der Waals surface area contributed by atoms with Gasteiger partial charge in [0.25, 0.3) is 5.91 Å². The average molecular weight is 710 g/mol. The van der Waals surface area contributed by atoms with Crippen molar-refractivity contribution in [1.29, 1.82) is 0 Å². The molecule has 0 aliphatic heterocycles. The number of benzene rings is 3. The molecule has 1 aliphatic carbocycles. The summed E-state index contributed by atoms with van der Waals surface area (Å²) in [5.74, 6) is -3.05. The highest BCUT2D eigenvalue weighted by Crippen LogP contribution is 2.46. The summed E-state index contributed by atoms with van der Waals surface area (Å²) < 4.78 is 75.7. The van der Waals surface area contributed by atoms with Crippen LogP contribution in [0.5, 0.6) is 11.5 Å². The van der Waals surface area contributed by atoms with Crippen molar-refractivity contribution in [1.82, 2.24) is 14.9 Å². The number of amides is 1. The summed E-state index contributed by atoms with van der Waals surface area (Å²) in [5, 5.41) is 10.6. The first-order valence-corrected chi connectivity index (χ1v) is 16.1. The fourth-order valence-electron chi connectivity index (χ4n) is 4.08. The summed E-state index contributed by atoms with van der Waals surface area (Å²) >= 11 is 8.36. The molecular formula is C25H19ClF5IN5O2P. The Balaban J connectivity index is 1.66. The molecule has 0 spiro atoms. The van der Waals surface area contributed by atoms with E-state index in [1.54, 1.807) is 10.5 Å². The van der Waals surface area contributed by atoms with Crippen molar-refractivity contribution in [2.45, 2.75) is 31.6 Å². The molecule has 0 radical (unpaired) electrons. The third kappa shape index (κ3) is 6.12. The van der Waals surface area contributed by atoms with Crippen LogP contribution in [0.1, 0.15) is 34.3 Å². The Morgan fingerprint density at radius 3 is 2.60 bits per heavy atom. The van der Waals surface area contributed by atoms with E-state index in [9.17, 15) is 26.7 Å². The second kappa shape index (κ2) is 11.3. The number of rotatable bonds is 8. The van der Waals surface area contributed by atoms with Gasteiger partial charge in [0.15, 0.2) is 11.6 Å². The summed E-state index contributed by atoms with van der Waals surface area (Å²) in [5.41, 5.74) is 5.64. The SMILES string of the molecule is Nc1nn(PI)c2c(CNC3CC3)cc(NC(=O)c3cc(F)cc(C(F)(F)F)c3)c(Oc3cc(F)ccc3Cl)c12. The number of halogens is 7. The van der Waals surface area contributed by atoms with E-state index in [-0.39, 0.29) is 39.8 Å². The molecule has 5 rings (SSSR count). The molecule has 1 aliphatic rings. The van der Waals surface area contributed by atoms with Gasteiger partial charge < -0.3 is 21.1 Å². The maximum atomic E-state index is 14.1. The quantitative estimate of drug-likeness (QED) is 0.0993. The molecule has 15 heteroatoms. The van der Waals surface area contributed by atoms with Crippen LogP contribution in [0.4, 0.5) is 33.5 Å². The first-order chi connectivity index (χ1) is 18.9. The number of hydrogen-bond acceptors (Lipinski definition) is 5. The van der Waals surface area contributed by atoms with Gasteiger partial charge in [0.1, 0.15) is 17.4 Å². The van der Waals surface area contributed by atoms with E-state index in [1.807, 2.05) is 0 Å². The number of ether oxygens (including phenoxy) is 1. The first-order valence-electron chi connectivity index (χ1n) is 11.7. The van der Waals surface area contributed by atoms with Crippen molar-refractivity contribution >= 4 is 68.3 Å². The Morgan fingerprint density at radius 2 is 1.93 bits per heavy atom. The first kappa shape index (κ1) is 28.8. The van der Waals surface area contributed by atoms with E-state index >= 15 is 0 Å². The normalized spacial score (nSPS) is 13.9. The smallest absolute Gasteiger partial charge is 0.416 e. The highest BCUT2D eigenvalue weighted by molar-refractivity contribution is 14.2. The van der Waals surface area contributed by atoms with Gasteiger partial charge >= 0.3 is 6.18 Å². The zero-order valence-corrected chi connectivity index (χ0v) is 24.1. The second-order valence-corrected chi connectivity index (χ2v) is 11.5. The van der Waals surface area contributed by atoms with Crippen LogP contribution in [0.25, 0.3) is 10.9 Å². The molecule has 0 bridgehead atoms. The van der Waals surface area contributed by atoms with Crippen LogP contribution in [0.15, 0.2) is 42.5 Å². The fraction of sp³-hybridized carbons (Fsp3) is 0.200. The second-order valence-electron chi connectivity index (χ2n) is 9.03. The number of fused-ring (bicyclic) bond motifs is 1. The lowest BCUT2D eigenvalue weighted by Gasteiger charge is -2.18. The number of nitrogens with two attached hydrogens (primary N) is 1. The highest BCUT2D eigenvalue weighted by Gasteiger charge is 2.32. The van der Waals surface area contributed by atoms with Gasteiger partial charge in [-0.2, -0.15) is 18.3 Å². The Morgan fingerprint density at radius 1 is 1.18 bits per heavy atom. The number of alkyl halides is 3. The van der Waals surface area contributed by atoms with Gasteiger partial charge in [-0.15, -0.1) is 0 Å². The standard InChI is InChI=1S/C25H19ClF5IN5O2P/c26-17-4-1-14(27)9-19(17)39-22-18(35-24(38)11-5-13(25(29,30)31)8-15(28)6-11)7-12(10-34-16-2-3-16)21-20(22)23(33)36-37(21)40-32/h1,4-9,16,34,40H,2-3,10H2,(H2,33,36)(H,35,38). The van der Waals surface area contributed by atoms with E-state index in [1.165, 1.54) is 6.07 Å². The minimum Gasteiger partial charge on any atom is -0.453 e. The summed E-state index contributed by atoms with van der Waals surface area (Å²) in [4.78, 5) is 13.2. The number of carbonyl (C=O) groups excluding carboxylic acids is 1. The molecule has 210 valence electrons. The molecular weight excluding hydrogens is 691 g/mol. The van der Waals surface area contributed by atoms with Crippen LogP contribution >= 0.6 is 40.0 Å². The molecule has 40 heavy (non-hydrogen) atoms. The molecule has 1 atom stereocenters. The number of nitrogens with zero attached hydrogens (tertiary/aromatic N) is 2. The maximum absolute atomic E-state index is 14.1. The summed E-state index contributed by atoms with van der Waals surface area (Å²) in [6, 6.07) is 6.85. The van der Waals surface area contributed by atoms with E-state index in [4.69, 9.17) is 22.1 Å². The van der Waals surface area contributed by atoms with Crippen molar-refractivity contribution in [3.8, 4) is 11.5 Å². The minimum absolute atomic E-state index is 0.00807. The third-order valence-electron chi connectivity index (χ3n) is 6.09. The topological polar surface area (TPSA) is 94.2 Å². The lowest BCUT2D eigenvalue weighted by Crippen LogP contribution is -2.18. The largest absolute Gasteiger partial charge is 0.453 e. The van der Waals surface area contributed by atoms with Crippen LogP contribution in [0.2, 0.25) is 5.02 Å². The van der Waals surface area contributed by atoms with Crippen molar-refractivity contribution in [2.75, 3.05) is 11.1 Å². The van der Waals surface area contributed by atoms with Crippen LogP contribution in [0.3, 0.4) is 0 Å². The minimum atomic E-state index is -4.87. The molecule has 1 heterocycles. The van der Waals surface area contributed by atoms with Gasteiger partial charge in [0.2, 0.25) is 0 Å². The molecule has 7 nitrogen and oxygen atoms in total. The Labute approximate surface area is 243 Å². The van der Waals surface area contributed by atoms with Gasteiger partial charge in [-0.3, -0.25) is 4.79 Å². The van der Waals surface area contributed by atoms with Crippen LogP contribution < -0.4 is 21.1 Å². The zero-order valence-electron chi connectivity index (χ0n) is 20.2. The van der Waals surface area contributed by atoms with Crippen molar-refractivity contribution in [2.24, 2.45) is 0 Å². The molecule has 1 fully saturated rings. The third-order valence-corrected chi connectivity index (χ3v) is 8.25. The van der Waals surface area contributed by atoms with E-state index in [2.05, 4.69) is 37.8 Å². The van der Waals surface area contributed by atoms with Gasteiger partial charge in [-0.1, -0.05) is 11.6 Å². The Kier molecular flexibility index (Phi) is 8.10. The lowest BCUT2D eigenvalue weighted by molar-refractivity contribution is -0.137. The van der Waals surface area contributed by atoms with E-state index in [0.29, 0.717) is 41.9 Å². The molecule has 0 saturated heterocycles. The molecule has 4 aromatic rings. The molecule has 1 saturated carbocycles. The zero-order chi connectivity index (χ0) is 28.8. The number of nitrogen functional groups attached to an aromatic ring is 1. The predicted molar refractivity (Wildman–Crippen MR) is 153 cm³/mol. The number of hydrogen-bond donors (Lipinski definition) is 3. The van der Waals surface area contributed by atoms with Crippen molar-refractivity contribution < 1.29 is 31.5 Å². The lowest BCUT2D eigenvalue weighted by atomic mass is 10.1. The summed E-state index contributed by atoms with van der Waals surface area (Å²) in [6.45, 7) is 0.357. The number of aromatic nitrogens is 2. The molecule has 3 aromatic carbocycles. The predicted octanol–water partition coefficient (Wildman–Crippen LogP) is 7.66. The van der Waals surface area contributed by atoms with Crippen LogP contribution in [-0.4, -0.2) is 21.5 Å². The number of nitrogens with one attached hydrogen (secondary N) is 2. The molecule has 4 N–H and O–H groups in total. The highest BCUT2D eigenvalue weighted by atomic mass is 127. The van der Waals surface area contributed by atoms with Gasteiger partial charge in [-0.05, 0) is 76.8 Å².